The third-order valence-corrected chi connectivity index (χ3v) is 2.95. The minimum atomic E-state index is -0.342. The summed E-state index contributed by atoms with van der Waals surface area (Å²) >= 11 is 0. The molecule has 0 aromatic rings. The minimum Gasteiger partial charge on any atom is -0.382 e. The maximum atomic E-state index is 9.33. The average molecular weight is 212 g/mol. The second-order valence-corrected chi connectivity index (χ2v) is 3.87. The Balaban J connectivity index is 4.37. The highest BCUT2D eigenvalue weighted by molar-refractivity contribution is 5.06. The van der Waals surface area contributed by atoms with E-state index in [1.165, 1.54) is 0 Å². The summed E-state index contributed by atoms with van der Waals surface area (Å²) < 4.78 is 5.34. The van der Waals surface area contributed by atoms with Crippen LogP contribution in [0.15, 0.2) is 0 Å². The molecule has 0 aliphatic heterocycles. The molecule has 0 aliphatic carbocycles. The van der Waals surface area contributed by atoms with Gasteiger partial charge in [0, 0.05) is 19.6 Å². The molecular formula is C12H24N2O. The molecule has 0 aromatic heterocycles. The number of hydrogen-bond donors (Lipinski definition) is 0. The lowest BCUT2D eigenvalue weighted by Crippen LogP contribution is -2.46. The van der Waals surface area contributed by atoms with Gasteiger partial charge in [-0.3, -0.25) is 4.90 Å². The van der Waals surface area contributed by atoms with E-state index in [1.807, 2.05) is 14.0 Å². The van der Waals surface area contributed by atoms with Gasteiger partial charge in [-0.05, 0) is 33.4 Å². The van der Waals surface area contributed by atoms with Gasteiger partial charge in [0.2, 0.25) is 0 Å². The van der Waals surface area contributed by atoms with Crippen LogP contribution in [0.1, 0.15) is 40.0 Å². The van der Waals surface area contributed by atoms with Crippen LogP contribution in [0.4, 0.5) is 0 Å². The topological polar surface area (TPSA) is 36.3 Å². The molecule has 0 amide bonds. The molecule has 1 unspecified atom stereocenters. The first-order chi connectivity index (χ1) is 7.16. The second-order valence-electron chi connectivity index (χ2n) is 3.87. The fraction of sp³-hybridized carbons (Fsp3) is 0.917. The zero-order chi connectivity index (χ0) is 11.7. The Bertz CT molecular complexity index is 200. The highest BCUT2D eigenvalue weighted by atomic mass is 16.5. The molecule has 0 N–H and O–H groups in total. The third kappa shape index (κ3) is 4.19. The van der Waals surface area contributed by atoms with Crippen LogP contribution in [-0.4, -0.2) is 37.2 Å². The molecule has 0 fully saturated rings. The van der Waals surface area contributed by atoms with Gasteiger partial charge >= 0.3 is 0 Å². The molecule has 0 aromatic carbocycles. The molecule has 1 atom stereocenters. The lowest BCUT2D eigenvalue weighted by molar-refractivity contribution is 0.0851. The molecule has 3 heteroatoms. The molecule has 0 aliphatic rings. The smallest absolute Gasteiger partial charge is 0.110 e. The highest BCUT2D eigenvalue weighted by Crippen LogP contribution is 2.22. The normalized spacial score (nSPS) is 14.9. The Morgan fingerprint density at radius 2 is 2.00 bits per heavy atom. The first-order valence-electron chi connectivity index (χ1n) is 5.87. The molecule has 0 spiro atoms. The summed E-state index contributed by atoms with van der Waals surface area (Å²) in [6, 6.07) is 2.45. The molecule has 0 saturated heterocycles. The first kappa shape index (κ1) is 14.4. The Morgan fingerprint density at radius 1 is 1.33 bits per heavy atom. The van der Waals surface area contributed by atoms with Crippen molar-refractivity contribution in [3.8, 4) is 6.07 Å². The predicted octanol–water partition coefficient (Wildman–Crippen LogP) is 2.43. The van der Waals surface area contributed by atoms with Crippen LogP contribution in [0, 0.1) is 11.3 Å². The van der Waals surface area contributed by atoms with E-state index in [4.69, 9.17) is 4.74 Å². The number of ether oxygens (including phenoxy) is 1. The van der Waals surface area contributed by atoms with Gasteiger partial charge in [0.1, 0.15) is 5.54 Å². The molecular weight excluding hydrogens is 188 g/mol. The van der Waals surface area contributed by atoms with Crippen molar-refractivity contribution >= 4 is 0 Å². The fourth-order valence-electron chi connectivity index (χ4n) is 1.79. The Hall–Kier alpha value is -0.590. The van der Waals surface area contributed by atoms with Gasteiger partial charge in [-0.15, -0.1) is 0 Å². The van der Waals surface area contributed by atoms with Gasteiger partial charge in [-0.25, -0.2) is 0 Å². The summed E-state index contributed by atoms with van der Waals surface area (Å²) in [4.78, 5) is 2.16. The van der Waals surface area contributed by atoms with E-state index in [1.54, 1.807) is 0 Å². The van der Waals surface area contributed by atoms with Gasteiger partial charge in [0.15, 0.2) is 0 Å². The number of nitrogens with zero attached hydrogens (tertiary/aromatic N) is 2. The summed E-state index contributed by atoms with van der Waals surface area (Å²) in [6.45, 7) is 8.55. The standard InChI is InChI=1S/C12H24N2O/c1-5-9-14(4)12(6-2,11-13)8-10-15-7-3/h5-10H2,1-4H3. The van der Waals surface area contributed by atoms with Crippen LogP contribution >= 0.6 is 0 Å². The molecule has 0 saturated carbocycles. The van der Waals surface area contributed by atoms with Gasteiger partial charge in [0.05, 0.1) is 6.07 Å². The van der Waals surface area contributed by atoms with Crippen LogP contribution in [0.2, 0.25) is 0 Å². The van der Waals surface area contributed by atoms with E-state index in [9.17, 15) is 5.26 Å². The molecule has 0 bridgehead atoms. The van der Waals surface area contributed by atoms with Crippen LogP contribution in [-0.2, 0) is 4.74 Å². The molecule has 15 heavy (non-hydrogen) atoms. The van der Waals surface area contributed by atoms with E-state index >= 15 is 0 Å². The molecule has 0 rings (SSSR count). The van der Waals surface area contributed by atoms with E-state index < -0.39 is 0 Å². The van der Waals surface area contributed by atoms with Crippen molar-refractivity contribution in [1.82, 2.24) is 4.90 Å². The summed E-state index contributed by atoms with van der Waals surface area (Å²) in [7, 11) is 2.03. The minimum absolute atomic E-state index is 0.342. The van der Waals surface area contributed by atoms with Crippen molar-refractivity contribution < 1.29 is 4.74 Å². The van der Waals surface area contributed by atoms with Crippen LogP contribution in [0.25, 0.3) is 0 Å². The second kappa shape index (κ2) is 7.67. The molecule has 88 valence electrons. The zero-order valence-electron chi connectivity index (χ0n) is 10.5. The largest absolute Gasteiger partial charge is 0.382 e. The van der Waals surface area contributed by atoms with Gasteiger partial charge in [-0.2, -0.15) is 5.26 Å². The molecule has 0 radical (unpaired) electrons. The van der Waals surface area contributed by atoms with Crippen LogP contribution < -0.4 is 0 Å². The number of hydrogen-bond acceptors (Lipinski definition) is 3. The number of rotatable bonds is 8. The Morgan fingerprint density at radius 3 is 2.40 bits per heavy atom. The van der Waals surface area contributed by atoms with Crippen molar-refractivity contribution in [2.45, 2.75) is 45.6 Å². The van der Waals surface area contributed by atoms with Crippen molar-refractivity contribution in [3.63, 3.8) is 0 Å². The van der Waals surface area contributed by atoms with E-state index in [-0.39, 0.29) is 5.54 Å². The summed E-state index contributed by atoms with van der Waals surface area (Å²) in [6.07, 6.45) is 2.73. The summed E-state index contributed by atoms with van der Waals surface area (Å²) in [5.74, 6) is 0. The fourth-order valence-corrected chi connectivity index (χ4v) is 1.79. The maximum Gasteiger partial charge on any atom is 0.110 e. The lowest BCUT2D eigenvalue weighted by Gasteiger charge is -2.35. The van der Waals surface area contributed by atoms with Gasteiger partial charge in [0.25, 0.3) is 0 Å². The zero-order valence-corrected chi connectivity index (χ0v) is 10.5. The predicted molar refractivity (Wildman–Crippen MR) is 62.7 cm³/mol. The maximum absolute atomic E-state index is 9.33. The van der Waals surface area contributed by atoms with Crippen LogP contribution in [0.3, 0.4) is 0 Å². The number of nitriles is 1. The van der Waals surface area contributed by atoms with E-state index in [0.29, 0.717) is 6.61 Å². The van der Waals surface area contributed by atoms with Crippen molar-refractivity contribution in [1.29, 1.82) is 5.26 Å². The van der Waals surface area contributed by atoms with E-state index in [2.05, 4.69) is 24.8 Å². The molecule has 0 heterocycles. The van der Waals surface area contributed by atoms with Crippen molar-refractivity contribution in [3.05, 3.63) is 0 Å². The Labute approximate surface area is 94.0 Å². The van der Waals surface area contributed by atoms with Gasteiger partial charge < -0.3 is 4.74 Å². The third-order valence-electron chi connectivity index (χ3n) is 2.95. The van der Waals surface area contributed by atoms with E-state index in [0.717, 1.165) is 32.4 Å². The average Bonchev–Trinajstić information content (AvgIpc) is 2.25. The van der Waals surface area contributed by atoms with Gasteiger partial charge in [-0.1, -0.05) is 13.8 Å². The van der Waals surface area contributed by atoms with Crippen LogP contribution in [0.5, 0.6) is 0 Å². The quantitative estimate of drug-likeness (QED) is 0.580. The first-order valence-corrected chi connectivity index (χ1v) is 5.87. The van der Waals surface area contributed by atoms with Crippen molar-refractivity contribution in [2.75, 3.05) is 26.8 Å². The lowest BCUT2D eigenvalue weighted by atomic mass is 9.92. The summed E-state index contributed by atoms with van der Waals surface area (Å²) in [5.41, 5.74) is -0.342. The summed E-state index contributed by atoms with van der Waals surface area (Å²) in [5, 5.41) is 9.33. The SMILES string of the molecule is CCCN(C)C(C#N)(CC)CCOCC. The Kier molecular flexibility index (Phi) is 7.37. The highest BCUT2D eigenvalue weighted by Gasteiger charge is 2.31. The van der Waals surface area contributed by atoms with Crippen molar-refractivity contribution in [2.24, 2.45) is 0 Å². The monoisotopic (exact) mass is 212 g/mol. The molecule has 3 nitrogen and oxygen atoms in total.